The van der Waals surface area contributed by atoms with E-state index in [4.69, 9.17) is 15.7 Å². The van der Waals surface area contributed by atoms with Gasteiger partial charge in [0.1, 0.15) is 5.75 Å². The fourth-order valence-electron chi connectivity index (χ4n) is 2.09. The van der Waals surface area contributed by atoms with Gasteiger partial charge < -0.3 is 15.2 Å². The van der Waals surface area contributed by atoms with Crippen LogP contribution in [0.2, 0.25) is 0 Å². The van der Waals surface area contributed by atoms with Gasteiger partial charge in [-0.3, -0.25) is 4.79 Å². The number of hydrogen-bond donors (Lipinski definition) is 1. The molecule has 0 aromatic heterocycles. The molecule has 9 heteroatoms. The second kappa shape index (κ2) is 8.44. The molecule has 140 valence electrons. The van der Waals surface area contributed by atoms with Crippen molar-refractivity contribution in [3.8, 4) is 11.8 Å². The summed E-state index contributed by atoms with van der Waals surface area (Å²) in [4.78, 5) is 23.3. The average molecular weight is 388 g/mol. The molecule has 1 atom stereocenters. The lowest BCUT2D eigenvalue weighted by molar-refractivity contribution is -0.142. The molecule has 0 heterocycles. The molecule has 0 amide bonds. The Labute approximate surface area is 156 Å². The van der Waals surface area contributed by atoms with Gasteiger partial charge in [0.2, 0.25) is 9.84 Å². The number of Topliss-reactive ketones (excluding diaryl/α,β-unsaturated/α-hetero) is 1. The zero-order valence-electron chi connectivity index (χ0n) is 14.3. The van der Waals surface area contributed by atoms with E-state index in [-0.39, 0.29) is 22.6 Å². The van der Waals surface area contributed by atoms with Gasteiger partial charge in [0.25, 0.3) is 0 Å². The highest BCUT2D eigenvalue weighted by molar-refractivity contribution is 7.92. The van der Waals surface area contributed by atoms with E-state index in [1.54, 1.807) is 0 Å². The van der Waals surface area contributed by atoms with Crippen molar-refractivity contribution in [3.05, 3.63) is 59.7 Å². The first-order valence-electron chi connectivity index (χ1n) is 7.63. The van der Waals surface area contributed by atoms with Crippen LogP contribution in [0.15, 0.2) is 53.4 Å². The van der Waals surface area contributed by atoms with Gasteiger partial charge >= 0.3 is 5.97 Å². The van der Waals surface area contributed by atoms with E-state index in [1.165, 1.54) is 55.6 Å². The number of nitriles is 1. The van der Waals surface area contributed by atoms with Crippen molar-refractivity contribution in [2.24, 2.45) is 5.73 Å². The lowest BCUT2D eigenvalue weighted by Crippen LogP contribution is -2.38. The van der Waals surface area contributed by atoms with E-state index in [9.17, 15) is 18.0 Å². The molecule has 2 aromatic carbocycles. The van der Waals surface area contributed by atoms with Gasteiger partial charge in [-0.25, -0.2) is 13.2 Å². The Kier molecular flexibility index (Phi) is 6.28. The molecule has 1 unspecified atom stereocenters. The van der Waals surface area contributed by atoms with Gasteiger partial charge in [-0.05, 0) is 48.5 Å². The summed E-state index contributed by atoms with van der Waals surface area (Å²) in [5.74, 6) is -1.05. The number of sulfone groups is 1. The molecule has 0 radical (unpaired) electrons. The van der Waals surface area contributed by atoms with Crippen LogP contribution < -0.4 is 10.5 Å². The highest BCUT2D eigenvalue weighted by Crippen LogP contribution is 2.19. The third-order valence-electron chi connectivity index (χ3n) is 3.63. The first-order valence-corrected chi connectivity index (χ1v) is 9.17. The van der Waals surface area contributed by atoms with Gasteiger partial charge in [-0.1, -0.05) is 0 Å². The second-order valence-corrected chi connectivity index (χ2v) is 7.42. The molecule has 2 N–H and O–H groups in total. The monoisotopic (exact) mass is 388 g/mol. The van der Waals surface area contributed by atoms with Crippen LogP contribution in [-0.2, 0) is 19.4 Å². The second-order valence-electron chi connectivity index (χ2n) is 5.36. The minimum absolute atomic E-state index is 0.0742. The minimum atomic E-state index is -4.12. The Balaban J connectivity index is 2.15. The maximum atomic E-state index is 12.5. The van der Waals surface area contributed by atoms with Crippen molar-refractivity contribution in [1.82, 2.24) is 0 Å². The molecule has 0 aliphatic heterocycles. The van der Waals surface area contributed by atoms with Gasteiger partial charge in [-0.2, -0.15) is 5.26 Å². The van der Waals surface area contributed by atoms with Crippen LogP contribution >= 0.6 is 0 Å². The molecule has 0 aliphatic carbocycles. The first-order chi connectivity index (χ1) is 12.8. The Morgan fingerprint density at radius 1 is 1.11 bits per heavy atom. The molecule has 27 heavy (non-hydrogen) atoms. The van der Waals surface area contributed by atoms with Gasteiger partial charge in [-0.15, -0.1) is 0 Å². The summed E-state index contributed by atoms with van der Waals surface area (Å²) >= 11 is 0. The minimum Gasteiger partial charge on any atom is -0.482 e. The average Bonchev–Trinajstić information content (AvgIpc) is 2.71. The molecule has 2 rings (SSSR count). The van der Waals surface area contributed by atoms with Gasteiger partial charge in [0, 0.05) is 5.56 Å². The maximum Gasteiger partial charge on any atom is 0.343 e. The predicted molar refractivity (Wildman–Crippen MR) is 94.6 cm³/mol. The fraction of sp³-hybridized carbons (Fsp3) is 0.167. The Morgan fingerprint density at radius 3 is 2.22 bits per heavy atom. The number of carbonyl (C=O) groups excluding carboxylic acids is 2. The number of ether oxygens (including phenoxy) is 2. The van der Waals surface area contributed by atoms with E-state index >= 15 is 0 Å². The third kappa shape index (κ3) is 4.69. The lowest BCUT2D eigenvalue weighted by Gasteiger charge is -2.13. The van der Waals surface area contributed by atoms with Crippen LogP contribution in [0.25, 0.3) is 0 Å². The van der Waals surface area contributed by atoms with Crippen LogP contribution in [0.1, 0.15) is 15.9 Å². The van der Waals surface area contributed by atoms with Crippen LogP contribution in [0.3, 0.4) is 0 Å². The molecule has 0 saturated carbocycles. The molecular formula is C18H16N2O6S. The number of benzene rings is 2. The van der Waals surface area contributed by atoms with Crippen LogP contribution in [0.5, 0.6) is 5.75 Å². The van der Waals surface area contributed by atoms with E-state index in [2.05, 4.69) is 4.74 Å². The molecule has 0 saturated heterocycles. The molecular weight excluding hydrogens is 372 g/mol. The highest BCUT2D eigenvalue weighted by atomic mass is 32.2. The molecule has 0 spiro atoms. The number of ketones is 1. The van der Waals surface area contributed by atoms with Crippen molar-refractivity contribution in [2.75, 3.05) is 13.7 Å². The fourth-order valence-corrected chi connectivity index (χ4v) is 3.31. The molecule has 0 fully saturated rings. The van der Waals surface area contributed by atoms with E-state index in [0.29, 0.717) is 5.75 Å². The summed E-state index contributed by atoms with van der Waals surface area (Å²) in [6.07, 6.45) is 0. The summed E-state index contributed by atoms with van der Waals surface area (Å²) in [6, 6.07) is 12.5. The summed E-state index contributed by atoms with van der Waals surface area (Å²) < 4.78 is 34.6. The van der Waals surface area contributed by atoms with Crippen molar-refractivity contribution in [3.63, 3.8) is 0 Å². The summed E-state index contributed by atoms with van der Waals surface area (Å²) in [5, 5.41) is 6.97. The number of esters is 1. The van der Waals surface area contributed by atoms with Crippen LogP contribution in [0.4, 0.5) is 0 Å². The molecule has 2 aromatic rings. The van der Waals surface area contributed by atoms with Crippen LogP contribution in [-0.4, -0.2) is 39.3 Å². The quantitative estimate of drug-likeness (QED) is 0.549. The van der Waals surface area contributed by atoms with Gasteiger partial charge in [0.05, 0.1) is 23.6 Å². The largest absolute Gasteiger partial charge is 0.482 e. The third-order valence-corrected chi connectivity index (χ3v) is 5.44. The van der Waals surface area contributed by atoms with Crippen molar-refractivity contribution in [2.45, 2.75) is 10.3 Å². The summed E-state index contributed by atoms with van der Waals surface area (Å²) in [5.41, 5.74) is 6.05. The number of nitrogens with two attached hydrogens (primary N) is 1. The van der Waals surface area contributed by atoms with E-state index < -0.39 is 27.0 Å². The first kappa shape index (κ1) is 20.1. The number of hydrogen-bond acceptors (Lipinski definition) is 8. The van der Waals surface area contributed by atoms with Crippen LogP contribution in [0, 0.1) is 11.3 Å². The molecule has 8 nitrogen and oxygen atoms in total. The zero-order valence-corrected chi connectivity index (χ0v) is 15.1. The topological polar surface area (TPSA) is 137 Å². The Bertz CT molecular complexity index is 976. The summed E-state index contributed by atoms with van der Waals surface area (Å²) in [7, 11) is -2.89. The van der Waals surface area contributed by atoms with Crippen molar-refractivity contribution in [1.29, 1.82) is 5.26 Å². The molecule has 0 aliphatic rings. The van der Waals surface area contributed by atoms with Crippen molar-refractivity contribution < 1.29 is 27.5 Å². The number of rotatable bonds is 7. The number of methoxy groups -OCH3 is 1. The van der Waals surface area contributed by atoms with E-state index in [1.807, 2.05) is 6.07 Å². The highest BCUT2D eigenvalue weighted by Gasteiger charge is 2.31. The Hall–Kier alpha value is -3.22. The number of carbonyl (C=O) groups is 2. The van der Waals surface area contributed by atoms with E-state index in [0.717, 1.165) is 0 Å². The SMILES string of the molecule is COC(=O)COc1ccc(C(=O)C(N)S(=O)(=O)c2ccc(C#N)cc2)cc1. The van der Waals surface area contributed by atoms with Crippen molar-refractivity contribution >= 4 is 21.6 Å². The normalized spacial score (nSPS) is 11.9. The standard InChI is InChI=1S/C18H16N2O6S/c1-25-16(21)11-26-14-6-4-13(5-7-14)17(22)18(20)27(23,24)15-8-2-12(10-19)3-9-15/h2-9,18H,11,20H2,1H3. The smallest absolute Gasteiger partial charge is 0.343 e. The predicted octanol–water partition coefficient (Wildman–Crippen LogP) is 1.05. The summed E-state index contributed by atoms with van der Waals surface area (Å²) in [6.45, 7) is -0.295. The van der Waals surface area contributed by atoms with Gasteiger partial charge in [0.15, 0.2) is 17.8 Å². The maximum absolute atomic E-state index is 12.5. The number of nitrogens with zero attached hydrogens (tertiary/aromatic N) is 1. The Morgan fingerprint density at radius 2 is 1.70 bits per heavy atom. The lowest BCUT2D eigenvalue weighted by atomic mass is 10.1. The zero-order chi connectivity index (χ0) is 20.0. The molecule has 0 bridgehead atoms.